The molecule has 0 spiro atoms. The van der Waals surface area contributed by atoms with Crippen molar-refractivity contribution in [3.63, 3.8) is 0 Å². The van der Waals surface area contributed by atoms with Crippen LogP contribution < -0.4 is 16.0 Å². The molecule has 1 aromatic carbocycles. The minimum atomic E-state index is -0.359. The van der Waals surface area contributed by atoms with Crippen molar-refractivity contribution in [1.82, 2.24) is 10.4 Å². The number of aromatic nitrogens is 1. The molecule has 1 aliphatic rings. The van der Waals surface area contributed by atoms with E-state index in [-0.39, 0.29) is 11.9 Å². The average Bonchev–Trinajstić information content (AvgIpc) is 2.89. The summed E-state index contributed by atoms with van der Waals surface area (Å²) in [5.41, 5.74) is 5.56. The maximum absolute atomic E-state index is 12.9. The minimum absolute atomic E-state index is 0.258. The summed E-state index contributed by atoms with van der Waals surface area (Å²) >= 11 is 0. The SMILES string of the molecule is NNC(c1ccc2c(c1)CCO2)c1ccc(F)cn1. The Balaban J connectivity index is 1.96. The van der Waals surface area contributed by atoms with E-state index in [1.54, 1.807) is 6.07 Å². The lowest BCUT2D eigenvalue weighted by atomic mass is 10.0. The van der Waals surface area contributed by atoms with Gasteiger partial charge < -0.3 is 4.74 Å². The summed E-state index contributed by atoms with van der Waals surface area (Å²) in [6.07, 6.45) is 2.09. The van der Waals surface area contributed by atoms with Crippen LogP contribution in [0.5, 0.6) is 5.75 Å². The molecule has 0 fully saturated rings. The third kappa shape index (κ3) is 2.30. The molecule has 1 unspecified atom stereocenters. The average molecular weight is 259 g/mol. The van der Waals surface area contributed by atoms with Gasteiger partial charge in [0.2, 0.25) is 0 Å². The highest BCUT2D eigenvalue weighted by Crippen LogP contribution is 2.29. The molecule has 0 saturated carbocycles. The summed E-state index contributed by atoms with van der Waals surface area (Å²) in [6.45, 7) is 0.717. The zero-order valence-corrected chi connectivity index (χ0v) is 10.3. The predicted octanol–water partition coefficient (Wildman–Crippen LogP) is 1.71. The van der Waals surface area contributed by atoms with Crippen LogP contribution in [0.4, 0.5) is 4.39 Å². The molecule has 0 saturated heterocycles. The highest BCUT2D eigenvalue weighted by molar-refractivity contribution is 5.42. The molecule has 1 aromatic heterocycles. The van der Waals surface area contributed by atoms with Crippen molar-refractivity contribution in [2.24, 2.45) is 5.84 Å². The molecule has 19 heavy (non-hydrogen) atoms. The molecular formula is C14H14FN3O. The lowest BCUT2D eigenvalue weighted by Crippen LogP contribution is -2.29. The van der Waals surface area contributed by atoms with E-state index in [4.69, 9.17) is 10.6 Å². The Bertz CT molecular complexity index is 586. The van der Waals surface area contributed by atoms with Gasteiger partial charge in [-0.15, -0.1) is 0 Å². The quantitative estimate of drug-likeness (QED) is 0.650. The van der Waals surface area contributed by atoms with Crippen LogP contribution in [0, 0.1) is 5.82 Å². The van der Waals surface area contributed by atoms with Crippen molar-refractivity contribution in [2.75, 3.05) is 6.61 Å². The van der Waals surface area contributed by atoms with Crippen LogP contribution in [0.3, 0.4) is 0 Å². The Morgan fingerprint density at radius 2 is 2.21 bits per heavy atom. The van der Waals surface area contributed by atoms with E-state index < -0.39 is 0 Å². The van der Waals surface area contributed by atoms with Crippen LogP contribution in [0.15, 0.2) is 36.5 Å². The van der Waals surface area contributed by atoms with Crippen LogP contribution in [0.25, 0.3) is 0 Å². The van der Waals surface area contributed by atoms with Gasteiger partial charge in [0.25, 0.3) is 0 Å². The third-order valence-electron chi connectivity index (χ3n) is 3.26. The van der Waals surface area contributed by atoms with E-state index in [1.807, 2.05) is 12.1 Å². The van der Waals surface area contributed by atoms with Gasteiger partial charge in [0, 0.05) is 6.42 Å². The largest absolute Gasteiger partial charge is 0.493 e. The summed E-state index contributed by atoms with van der Waals surface area (Å²) < 4.78 is 18.4. The first-order valence-electron chi connectivity index (χ1n) is 6.11. The number of nitrogens with one attached hydrogen (secondary N) is 1. The number of nitrogens with two attached hydrogens (primary N) is 1. The van der Waals surface area contributed by atoms with E-state index in [2.05, 4.69) is 16.5 Å². The minimum Gasteiger partial charge on any atom is -0.493 e. The Morgan fingerprint density at radius 3 is 2.95 bits per heavy atom. The summed E-state index contributed by atoms with van der Waals surface area (Å²) in [6, 6.07) is 8.68. The molecular weight excluding hydrogens is 245 g/mol. The van der Waals surface area contributed by atoms with E-state index in [0.29, 0.717) is 12.3 Å². The second kappa shape index (κ2) is 4.95. The smallest absolute Gasteiger partial charge is 0.141 e. The van der Waals surface area contributed by atoms with Gasteiger partial charge in [-0.2, -0.15) is 0 Å². The summed E-state index contributed by atoms with van der Waals surface area (Å²) in [7, 11) is 0. The Labute approximate surface area is 110 Å². The zero-order valence-electron chi connectivity index (χ0n) is 10.3. The first kappa shape index (κ1) is 12.1. The van der Waals surface area contributed by atoms with Crippen molar-refractivity contribution in [1.29, 1.82) is 0 Å². The number of fused-ring (bicyclic) bond motifs is 1. The van der Waals surface area contributed by atoms with E-state index >= 15 is 0 Å². The van der Waals surface area contributed by atoms with Crippen LogP contribution in [0.1, 0.15) is 22.9 Å². The monoisotopic (exact) mass is 259 g/mol. The fourth-order valence-electron chi connectivity index (χ4n) is 2.30. The van der Waals surface area contributed by atoms with Crippen LogP contribution in [0.2, 0.25) is 0 Å². The van der Waals surface area contributed by atoms with Gasteiger partial charge in [0.05, 0.1) is 24.5 Å². The molecule has 0 amide bonds. The second-order valence-corrected chi connectivity index (χ2v) is 4.47. The van der Waals surface area contributed by atoms with E-state index in [0.717, 1.165) is 17.7 Å². The van der Waals surface area contributed by atoms with Crippen LogP contribution in [-0.4, -0.2) is 11.6 Å². The molecule has 1 aliphatic heterocycles. The number of pyridine rings is 1. The standard InChI is InChI=1S/C14H14FN3O/c15-11-2-3-12(17-8-11)14(18-16)10-1-4-13-9(7-10)5-6-19-13/h1-4,7-8,14,18H,5-6,16H2. The number of nitrogens with zero attached hydrogens (tertiary/aromatic N) is 1. The van der Waals surface area contributed by atoms with E-state index in [9.17, 15) is 4.39 Å². The van der Waals surface area contributed by atoms with Gasteiger partial charge in [-0.25, -0.2) is 9.82 Å². The topological polar surface area (TPSA) is 60.2 Å². The lowest BCUT2D eigenvalue weighted by Gasteiger charge is -2.16. The number of benzene rings is 1. The molecule has 0 radical (unpaired) electrons. The van der Waals surface area contributed by atoms with Gasteiger partial charge in [-0.1, -0.05) is 6.07 Å². The van der Waals surface area contributed by atoms with E-state index in [1.165, 1.54) is 17.8 Å². The molecule has 3 rings (SSSR count). The van der Waals surface area contributed by atoms with Crippen molar-refractivity contribution in [3.05, 3.63) is 59.2 Å². The summed E-state index contributed by atoms with van der Waals surface area (Å²) in [5.74, 6) is 6.17. The highest BCUT2D eigenvalue weighted by Gasteiger charge is 2.18. The van der Waals surface area contributed by atoms with Gasteiger partial charge in [-0.05, 0) is 35.4 Å². The number of rotatable bonds is 3. The highest BCUT2D eigenvalue weighted by atomic mass is 19.1. The predicted molar refractivity (Wildman–Crippen MR) is 69.0 cm³/mol. The fraction of sp³-hybridized carbons (Fsp3) is 0.214. The van der Waals surface area contributed by atoms with Crippen molar-refractivity contribution in [3.8, 4) is 5.75 Å². The first-order chi connectivity index (χ1) is 9.28. The van der Waals surface area contributed by atoms with Gasteiger partial charge in [0.1, 0.15) is 11.6 Å². The molecule has 3 N–H and O–H groups in total. The van der Waals surface area contributed by atoms with Crippen molar-refractivity contribution < 1.29 is 9.13 Å². The lowest BCUT2D eigenvalue weighted by molar-refractivity contribution is 0.357. The molecule has 5 heteroatoms. The van der Waals surface area contributed by atoms with Gasteiger partial charge >= 0.3 is 0 Å². The molecule has 1 atom stereocenters. The number of hydrogen-bond acceptors (Lipinski definition) is 4. The maximum Gasteiger partial charge on any atom is 0.141 e. The molecule has 2 heterocycles. The third-order valence-corrected chi connectivity index (χ3v) is 3.26. The Hall–Kier alpha value is -1.98. The number of halogens is 1. The van der Waals surface area contributed by atoms with Crippen molar-refractivity contribution in [2.45, 2.75) is 12.5 Å². The number of hydrogen-bond donors (Lipinski definition) is 2. The Morgan fingerprint density at radius 1 is 1.32 bits per heavy atom. The van der Waals surface area contributed by atoms with Gasteiger partial charge in [0.15, 0.2) is 0 Å². The number of hydrazine groups is 1. The summed E-state index contributed by atoms with van der Waals surface area (Å²) in [4.78, 5) is 4.07. The van der Waals surface area contributed by atoms with Gasteiger partial charge in [-0.3, -0.25) is 10.8 Å². The normalized spacial score (nSPS) is 14.8. The molecule has 4 nitrogen and oxygen atoms in total. The first-order valence-corrected chi connectivity index (χ1v) is 6.11. The van der Waals surface area contributed by atoms with Crippen LogP contribution in [-0.2, 0) is 6.42 Å². The second-order valence-electron chi connectivity index (χ2n) is 4.47. The number of ether oxygens (including phenoxy) is 1. The molecule has 0 aliphatic carbocycles. The maximum atomic E-state index is 12.9. The molecule has 2 aromatic rings. The summed E-state index contributed by atoms with van der Waals surface area (Å²) in [5, 5.41) is 0. The van der Waals surface area contributed by atoms with Crippen LogP contribution >= 0.6 is 0 Å². The molecule has 0 bridgehead atoms. The fourth-order valence-corrected chi connectivity index (χ4v) is 2.30. The van der Waals surface area contributed by atoms with Crippen molar-refractivity contribution >= 4 is 0 Å². The Kier molecular flexibility index (Phi) is 3.15. The molecule has 98 valence electrons. The zero-order chi connectivity index (χ0) is 13.2.